The van der Waals surface area contributed by atoms with Crippen LogP contribution in [0.15, 0.2) is 27.3 Å². The minimum absolute atomic E-state index is 0.137. The molecule has 1 aromatic carbocycles. The number of benzene rings is 1. The fourth-order valence-electron chi connectivity index (χ4n) is 2.00. The highest BCUT2D eigenvalue weighted by molar-refractivity contribution is 9.10. The number of methoxy groups -OCH3 is 1. The zero-order valence-corrected chi connectivity index (χ0v) is 13.4. The quantitative estimate of drug-likeness (QED) is 0.917. The second-order valence-corrected chi connectivity index (χ2v) is 6.53. The minimum Gasteiger partial charge on any atom is -0.497 e. The summed E-state index contributed by atoms with van der Waals surface area (Å²) in [6.45, 7) is 7.42. The molecule has 0 aliphatic heterocycles. The van der Waals surface area contributed by atoms with Gasteiger partial charge in [-0.3, -0.25) is 0 Å². The number of fused-ring (bicyclic) bond motifs is 1. The molecule has 0 aliphatic rings. The Hall–Kier alpha value is -1.00. The molecular weight excluding hydrogens is 306 g/mol. The second-order valence-electron chi connectivity index (χ2n) is 5.67. The summed E-state index contributed by atoms with van der Waals surface area (Å²) in [5.74, 6) is 0.839. The molecule has 0 saturated carbocycles. The first-order valence-electron chi connectivity index (χ1n) is 6.39. The molecule has 0 bridgehead atoms. The van der Waals surface area contributed by atoms with Crippen LogP contribution in [-0.2, 0) is 6.42 Å². The van der Waals surface area contributed by atoms with E-state index in [4.69, 9.17) is 9.15 Å². The Morgan fingerprint density at radius 1 is 1.32 bits per heavy atom. The minimum atomic E-state index is 0.137. The Balaban J connectivity index is 2.22. The van der Waals surface area contributed by atoms with Gasteiger partial charge < -0.3 is 14.5 Å². The van der Waals surface area contributed by atoms with Crippen LogP contribution in [0.4, 0.5) is 0 Å². The fourth-order valence-corrected chi connectivity index (χ4v) is 2.54. The SMILES string of the molecule is COc1cc(Br)c2occ(CCNC(C)(C)C)c2c1. The molecule has 0 unspecified atom stereocenters. The summed E-state index contributed by atoms with van der Waals surface area (Å²) in [5, 5.41) is 4.60. The summed E-state index contributed by atoms with van der Waals surface area (Å²) >= 11 is 3.51. The van der Waals surface area contributed by atoms with Gasteiger partial charge in [-0.2, -0.15) is 0 Å². The summed E-state index contributed by atoms with van der Waals surface area (Å²) in [4.78, 5) is 0. The molecule has 1 aromatic heterocycles. The van der Waals surface area contributed by atoms with Crippen molar-refractivity contribution in [1.29, 1.82) is 0 Å². The molecule has 4 heteroatoms. The van der Waals surface area contributed by atoms with Gasteiger partial charge in [-0.15, -0.1) is 0 Å². The fraction of sp³-hybridized carbons (Fsp3) is 0.467. The Morgan fingerprint density at radius 2 is 2.05 bits per heavy atom. The molecule has 0 saturated heterocycles. The first kappa shape index (κ1) is 14.4. The maximum absolute atomic E-state index is 5.63. The zero-order valence-electron chi connectivity index (χ0n) is 11.8. The van der Waals surface area contributed by atoms with Crippen molar-refractivity contribution in [2.45, 2.75) is 32.7 Å². The smallest absolute Gasteiger partial charge is 0.148 e. The molecule has 104 valence electrons. The number of nitrogens with one attached hydrogen (secondary N) is 1. The molecule has 2 rings (SSSR count). The summed E-state index contributed by atoms with van der Waals surface area (Å²) in [7, 11) is 1.68. The van der Waals surface area contributed by atoms with Gasteiger partial charge in [-0.1, -0.05) is 0 Å². The van der Waals surface area contributed by atoms with Crippen LogP contribution < -0.4 is 10.1 Å². The lowest BCUT2D eigenvalue weighted by molar-refractivity contribution is 0.415. The van der Waals surface area contributed by atoms with Crippen molar-refractivity contribution in [1.82, 2.24) is 5.32 Å². The highest BCUT2D eigenvalue weighted by Gasteiger charge is 2.13. The first-order chi connectivity index (χ1) is 8.90. The van der Waals surface area contributed by atoms with Crippen molar-refractivity contribution in [2.24, 2.45) is 0 Å². The van der Waals surface area contributed by atoms with Gasteiger partial charge in [-0.05, 0) is 67.4 Å². The van der Waals surface area contributed by atoms with Gasteiger partial charge >= 0.3 is 0 Å². The van der Waals surface area contributed by atoms with Crippen LogP contribution in [0.5, 0.6) is 5.75 Å². The van der Waals surface area contributed by atoms with Crippen molar-refractivity contribution in [3.8, 4) is 5.75 Å². The molecule has 1 heterocycles. The monoisotopic (exact) mass is 325 g/mol. The van der Waals surface area contributed by atoms with Gasteiger partial charge in [0.2, 0.25) is 0 Å². The lowest BCUT2D eigenvalue weighted by atomic mass is 10.1. The molecule has 0 radical (unpaired) electrons. The van der Waals surface area contributed by atoms with E-state index in [1.54, 1.807) is 7.11 Å². The Kier molecular flexibility index (Phi) is 4.21. The summed E-state index contributed by atoms with van der Waals surface area (Å²) in [6.07, 6.45) is 2.77. The molecule has 0 atom stereocenters. The average Bonchev–Trinajstić information content (AvgIpc) is 2.71. The van der Waals surface area contributed by atoms with Crippen LogP contribution in [0.2, 0.25) is 0 Å². The van der Waals surface area contributed by atoms with Crippen LogP contribution in [0.1, 0.15) is 26.3 Å². The highest BCUT2D eigenvalue weighted by Crippen LogP contribution is 2.33. The Labute approximate surface area is 122 Å². The predicted octanol–water partition coefficient (Wildman–Crippen LogP) is 4.13. The molecular formula is C15H20BrNO2. The Morgan fingerprint density at radius 3 is 2.68 bits per heavy atom. The topological polar surface area (TPSA) is 34.4 Å². The number of furan rings is 1. The van der Waals surface area contributed by atoms with Crippen molar-refractivity contribution in [3.63, 3.8) is 0 Å². The molecule has 3 nitrogen and oxygen atoms in total. The summed E-state index contributed by atoms with van der Waals surface area (Å²) < 4.78 is 11.9. The van der Waals surface area contributed by atoms with E-state index in [0.29, 0.717) is 0 Å². The molecule has 0 amide bonds. The maximum atomic E-state index is 5.63. The second kappa shape index (κ2) is 5.55. The van der Waals surface area contributed by atoms with Crippen LogP contribution >= 0.6 is 15.9 Å². The normalized spacial score (nSPS) is 12.1. The number of hydrogen-bond acceptors (Lipinski definition) is 3. The van der Waals surface area contributed by atoms with Crippen molar-refractivity contribution >= 4 is 26.9 Å². The van der Waals surface area contributed by atoms with Gasteiger partial charge in [0.05, 0.1) is 17.8 Å². The van der Waals surface area contributed by atoms with Gasteiger partial charge in [0, 0.05) is 10.9 Å². The van der Waals surface area contributed by atoms with Crippen LogP contribution in [0, 0.1) is 0 Å². The van der Waals surface area contributed by atoms with E-state index < -0.39 is 0 Å². The standard InChI is InChI=1S/C15H20BrNO2/c1-15(2,3)17-6-5-10-9-19-14-12(10)7-11(18-4)8-13(14)16/h7-9,17H,5-6H2,1-4H3. The number of halogens is 1. The van der Waals surface area contributed by atoms with E-state index in [0.717, 1.165) is 34.2 Å². The van der Waals surface area contributed by atoms with Crippen molar-refractivity contribution < 1.29 is 9.15 Å². The van der Waals surface area contributed by atoms with Gasteiger partial charge in [-0.25, -0.2) is 0 Å². The van der Waals surface area contributed by atoms with E-state index in [9.17, 15) is 0 Å². The van der Waals surface area contributed by atoms with Crippen LogP contribution in [-0.4, -0.2) is 19.2 Å². The summed E-state index contributed by atoms with van der Waals surface area (Å²) in [5.41, 5.74) is 2.22. The molecule has 2 aromatic rings. The van der Waals surface area contributed by atoms with Gasteiger partial charge in [0.1, 0.15) is 11.3 Å². The van der Waals surface area contributed by atoms with Crippen molar-refractivity contribution in [3.05, 3.63) is 28.4 Å². The molecule has 0 aliphatic carbocycles. The summed E-state index contributed by atoms with van der Waals surface area (Å²) in [6, 6.07) is 3.94. The largest absolute Gasteiger partial charge is 0.497 e. The lowest BCUT2D eigenvalue weighted by Crippen LogP contribution is -2.37. The van der Waals surface area contributed by atoms with E-state index >= 15 is 0 Å². The third kappa shape index (κ3) is 3.51. The van der Waals surface area contributed by atoms with Gasteiger partial charge in [0.25, 0.3) is 0 Å². The lowest BCUT2D eigenvalue weighted by Gasteiger charge is -2.20. The third-order valence-corrected chi connectivity index (χ3v) is 3.56. The highest BCUT2D eigenvalue weighted by atomic mass is 79.9. The molecule has 0 spiro atoms. The zero-order chi connectivity index (χ0) is 14.0. The molecule has 1 N–H and O–H groups in total. The molecule has 0 fully saturated rings. The predicted molar refractivity (Wildman–Crippen MR) is 81.9 cm³/mol. The van der Waals surface area contributed by atoms with Crippen molar-refractivity contribution in [2.75, 3.05) is 13.7 Å². The van der Waals surface area contributed by atoms with E-state index in [1.165, 1.54) is 5.56 Å². The average molecular weight is 326 g/mol. The third-order valence-electron chi connectivity index (χ3n) is 2.97. The Bertz CT molecular complexity index is 569. The van der Waals surface area contributed by atoms with E-state index in [1.807, 2.05) is 18.4 Å². The van der Waals surface area contributed by atoms with E-state index in [2.05, 4.69) is 42.0 Å². The van der Waals surface area contributed by atoms with Gasteiger partial charge in [0.15, 0.2) is 0 Å². The maximum Gasteiger partial charge on any atom is 0.148 e. The number of hydrogen-bond donors (Lipinski definition) is 1. The van der Waals surface area contributed by atoms with Crippen LogP contribution in [0.25, 0.3) is 11.0 Å². The number of ether oxygens (including phenoxy) is 1. The first-order valence-corrected chi connectivity index (χ1v) is 7.18. The van der Waals surface area contributed by atoms with E-state index in [-0.39, 0.29) is 5.54 Å². The molecule has 19 heavy (non-hydrogen) atoms. The number of rotatable bonds is 4. The van der Waals surface area contributed by atoms with Crippen LogP contribution in [0.3, 0.4) is 0 Å².